The molecule has 0 amide bonds. The second-order valence-electron chi connectivity index (χ2n) is 8.08. The maximum absolute atomic E-state index is 6.34. The van der Waals surface area contributed by atoms with Gasteiger partial charge in [-0.3, -0.25) is 0 Å². The van der Waals surface area contributed by atoms with E-state index in [0.29, 0.717) is 35.5 Å². The largest absolute Gasteiger partial charge is 0.486 e. The molecule has 0 saturated carbocycles. The Bertz CT molecular complexity index is 1030. The van der Waals surface area contributed by atoms with Crippen molar-refractivity contribution in [3.05, 3.63) is 52.5 Å². The molecule has 1 aliphatic heterocycles. The maximum Gasteiger partial charge on any atom is 0.191 e. The van der Waals surface area contributed by atoms with E-state index in [9.17, 15) is 0 Å². The summed E-state index contributed by atoms with van der Waals surface area (Å²) >= 11 is 7.96. The van der Waals surface area contributed by atoms with Crippen molar-refractivity contribution in [1.82, 2.24) is 14.8 Å². The Hall–Kier alpha value is -2.18. The number of benzene rings is 2. The summed E-state index contributed by atoms with van der Waals surface area (Å²) in [7, 11) is 1.99. The number of aromatic nitrogens is 3. The van der Waals surface area contributed by atoms with Gasteiger partial charge in [-0.2, -0.15) is 0 Å². The Morgan fingerprint density at radius 3 is 2.52 bits per heavy atom. The molecule has 29 heavy (non-hydrogen) atoms. The quantitative estimate of drug-likeness (QED) is 0.513. The third-order valence-electron chi connectivity index (χ3n) is 4.87. The number of nitrogens with zero attached hydrogens (tertiary/aromatic N) is 3. The molecule has 0 radical (unpaired) electrons. The van der Waals surface area contributed by atoms with Gasteiger partial charge in [0.1, 0.15) is 13.2 Å². The number of rotatable bonds is 4. The zero-order valence-corrected chi connectivity index (χ0v) is 18.6. The summed E-state index contributed by atoms with van der Waals surface area (Å²) in [5, 5.41) is 10.2. The minimum atomic E-state index is 0.129. The average molecular weight is 430 g/mol. The van der Waals surface area contributed by atoms with Crippen LogP contribution in [0.15, 0.2) is 41.6 Å². The van der Waals surface area contributed by atoms with Gasteiger partial charge in [0.15, 0.2) is 22.5 Å². The van der Waals surface area contributed by atoms with E-state index >= 15 is 0 Å². The van der Waals surface area contributed by atoms with Crippen LogP contribution in [-0.4, -0.2) is 28.0 Å². The third-order valence-corrected chi connectivity index (χ3v) is 6.24. The van der Waals surface area contributed by atoms with E-state index in [1.807, 2.05) is 23.7 Å². The molecule has 0 N–H and O–H groups in total. The summed E-state index contributed by atoms with van der Waals surface area (Å²) in [5.41, 5.74) is 3.55. The van der Waals surface area contributed by atoms with Gasteiger partial charge in [-0.25, -0.2) is 0 Å². The molecular formula is C22H24ClN3O2S. The molecule has 3 aromatic rings. The molecule has 0 saturated heterocycles. The zero-order chi connectivity index (χ0) is 20.6. The maximum atomic E-state index is 6.34. The highest BCUT2D eigenvalue weighted by Crippen LogP contribution is 2.39. The molecule has 0 aliphatic carbocycles. The smallest absolute Gasteiger partial charge is 0.191 e. The lowest BCUT2D eigenvalue weighted by atomic mass is 9.87. The Morgan fingerprint density at radius 1 is 1.07 bits per heavy atom. The molecule has 1 aliphatic rings. The van der Waals surface area contributed by atoms with E-state index in [1.54, 1.807) is 11.8 Å². The van der Waals surface area contributed by atoms with Crippen LogP contribution in [0, 0.1) is 0 Å². The van der Waals surface area contributed by atoms with E-state index in [2.05, 4.69) is 55.2 Å². The number of hydrogen-bond acceptors (Lipinski definition) is 5. The fourth-order valence-corrected chi connectivity index (χ4v) is 4.34. The summed E-state index contributed by atoms with van der Waals surface area (Å²) in [6.07, 6.45) is 0. The van der Waals surface area contributed by atoms with Gasteiger partial charge in [0, 0.05) is 18.4 Å². The fraction of sp³-hybridized carbons (Fsp3) is 0.364. The first kappa shape index (κ1) is 20.1. The topological polar surface area (TPSA) is 49.2 Å². The number of hydrogen-bond donors (Lipinski definition) is 0. The minimum absolute atomic E-state index is 0.129. The van der Waals surface area contributed by atoms with Crippen molar-refractivity contribution in [2.45, 2.75) is 37.1 Å². The van der Waals surface area contributed by atoms with Crippen molar-refractivity contribution in [1.29, 1.82) is 0 Å². The molecule has 0 spiro atoms. The minimum Gasteiger partial charge on any atom is -0.486 e. The number of halogens is 1. The average Bonchev–Trinajstić information content (AvgIpc) is 3.06. The lowest BCUT2D eigenvalue weighted by Gasteiger charge is -2.20. The summed E-state index contributed by atoms with van der Waals surface area (Å²) in [6, 6.07) is 12.4. The summed E-state index contributed by atoms with van der Waals surface area (Å²) in [5.74, 6) is 2.90. The van der Waals surface area contributed by atoms with Gasteiger partial charge in [-0.1, -0.05) is 68.4 Å². The van der Waals surface area contributed by atoms with Gasteiger partial charge in [0.2, 0.25) is 0 Å². The van der Waals surface area contributed by atoms with Crippen LogP contribution in [-0.2, 0) is 18.2 Å². The van der Waals surface area contributed by atoms with E-state index in [-0.39, 0.29) is 5.41 Å². The predicted molar refractivity (Wildman–Crippen MR) is 117 cm³/mol. The van der Waals surface area contributed by atoms with Crippen molar-refractivity contribution in [3.8, 4) is 22.9 Å². The van der Waals surface area contributed by atoms with Crippen LogP contribution >= 0.6 is 23.4 Å². The molecule has 0 fully saturated rings. The first-order chi connectivity index (χ1) is 13.8. The molecule has 4 rings (SSSR count). The number of ether oxygens (including phenoxy) is 2. The van der Waals surface area contributed by atoms with Crippen molar-refractivity contribution in [2.75, 3.05) is 13.2 Å². The molecule has 2 heterocycles. The molecular weight excluding hydrogens is 406 g/mol. The molecule has 2 aromatic carbocycles. The second-order valence-corrected chi connectivity index (χ2v) is 9.43. The van der Waals surface area contributed by atoms with Gasteiger partial charge < -0.3 is 14.0 Å². The molecule has 1 aromatic heterocycles. The molecule has 7 heteroatoms. The van der Waals surface area contributed by atoms with Crippen molar-refractivity contribution >= 4 is 23.4 Å². The van der Waals surface area contributed by atoms with Gasteiger partial charge in [0.05, 0.1) is 5.02 Å². The van der Waals surface area contributed by atoms with Crippen LogP contribution < -0.4 is 9.47 Å². The molecule has 0 atom stereocenters. The molecule has 0 unspecified atom stereocenters. The van der Waals surface area contributed by atoms with E-state index in [1.165, 1.54) is 5.56 Å². The monoisotopic (exact) mass is 429 g/mol. The Morgan fingerprint density at radius 2 is 1.79 bits per heavy atom. The summed E-state index contributed by atoms with van der Waals surface area (Å²) in [6.45, 7) is 7.70. The van der Waals surface area contributed by atoms with Crippen LogP contribution in [0.4, 0.5) is 0 Å². The van der Waals surface area contributed by atoms with Crippen LogP contribution in [0.2, 0.25) is 5.02 Å². The lowest BCUT2D eigenvalue weighted by Crippen LogP contribution is -2.15. The second kappa shape index (κ2) is 7.92. The van der Waals surface area contributed by atoms with Gasteiger partial charge in [0.25, 0.3) is 0 Å². The van der Waals surface area contributed by atoms with Gasteiger partial charge in [-0.05, 0) is 28.7 Å². The normalized spacial score (nSPS) is 13.6. The molecule has 152 valence electrons. The lowest BCUT2D eigenvalue weighted by molar-refractivity contribution is 0.171. The third kappa shape index (κ3) is 4.23. The highest BCUT2D eigenvalue weighted by atomic mass is 35.5. The van der Waals surface area contributed by atoms with Crippen molar-refractivity contribution < 1.29 is 9.47 Å². The highest BCUT2D eigenvalue weighted by molar-refractivity contribution is 7.98. The number of fused-ring (bicyclic) bond motifs is 1. The zero-order valence-electron chi connectivity index (χ0n) is 17.0. The predicted octanol–water partition coefficient (Wildman–Crippen LogP) is 5.50. The van der Waals surface area contributed by atoms with Crippen LogP contribution in [0.1, 0.15) is 31.9 Å². The number of thioether (sulfide) groups is 1. The van der Waals surface area contributed by atoms with Crippen LogP contribution in [0.25, 0.3) is 11.4 Å². The van der Waals surface area contributed by atoms with Crippen molar-refractivity contribution in [3.63, 3.8) is 0 Å². The van der Waals surface area contributed by atoms with Crippen molar-refractivity contribution in [2.24, 2.45) is 7.05 Å². The highest BCUT2D eigenvalue weighted by Gasteiger charge is 2.18. The van der Waals surface area contributed by atoms with E-state index in [0.717, 1.165) is 22.1 Å². The Kier molecular flexibility index (Phi) is 5.49. The van der Waals surface area contributed by atoms with E-state index in [4.69, 9.17) is 21.1 Å². The molecule has 0 bridgehead atoms. The SMILES string of the molecule is Cn1c(SCc2cc(Cl)c3c(c2)OCCO3)nnc1-c1ccc(C(C)(C)C)cc1. The van der Waals surface area contributed by atoms with Crippen LogP contribution in [0.3, 0.4) is 0 Å². The molecule has 5 nitrogen and oxygen atoms in total. The fourth-order valence-electron chi connectivity index (χ4n) is 3.21. The van der Waals surface area contributed by atoms with Gasteiger partial charge in [-0.15, -0.1) is 10.2 Å². The standard InChI is InChI=1S/C22H24ClN3O2S/c1-22(2,3)16-7-5-15(6-8-16)20-24-25-21(26(20)4)29-13-14-11-17(23)19-18(12-14)27-9-10-28-19/h5-8,11-12H,9-10,13H2,1-4H3. The van der Waals surface area contributed by atoms with E-state index < -0.39 is 0 Å². The Balaban J connectivity index is 1.50. The first-order valence-corrected chi connectivity index (χ1v) is 10.9. The van der Waals surface area contributed by atoms with Gasteiger partial charge >= 0.3 is 0 Å². The summed E-state index contributed by atoms with van der Waals surface area (Å²) in [4.78, 5) is 0. The summed E-state index contributed by atoms with van der Waals surface area (Å²) < 4.78 is 13.3. The van der Waals surface area contributed by atoms with Crippen LogP contribution in [0.5, 0.6) is 11.5 Å². The Labute approximate surface area is 180 Å². The first-order valence-electron chi connectivity index (χ1n) is 9.54.